The van der Waals surface area contributed by atoms with E-state index in [1.54, 1.807) is 20.8 Å². The number of ether oxygens (including phenoxy) is 2. The van der Waals surface area contributed by atoms with Gasteiger partial charge in [-0.25, -0.2) is 9.59 Å². The number of carbonyl (C=O) groups is 2. The van der Waals surface area contributed by atoms with Crippen LogP contribution < -0.4 is 15.4 Å². The molecule has 1 aromatic carbocycles. The second-order valence-corrected chi connectivity index (χ2v) is 5.85. The molecule has 1 aromatic rings. The second kappa shape index (κ2) is 8.70. The van der Waals surface area contributed by atoms with E-state index in [4.69, 9.17) is 9.47 Å². The Balaban J connectivity index is 2.20. The summed E-state index contributed by atoms with van der Waals surface area (Å²) in [7, 11) is 0. The van der Waals surface area contributed by atoms with Crippen LogP contribution in [0.1, 0.15) is 27.2 Å². The van der Waals surface area contributed by atoms with Crippen LogP contribution in [0.5, 0.6) is 5.75 Å². The Bertz CT molecular complexity index is 580. The first kappa shape index (κ1) is 19.2. The number of benzene rings is 1. The minimum Gasteiger partial charge on any atom is -0.444 e. The fourth-order valence-electron chi connectivity index (χ4n) is 1.56. The van der Waals surface area contributed by atoms with Gasteiger partial charge in [-0.1, -0.05) is 0 Å². The molecule has 0 radical (unpaired) electrons. The summed E-state index contributed by atoms with van der Waals surface area (Å²) < 4.78 is 10.0. The van der Waals surface area contributed by atoms with E-state index in [2.05, 4.69) is 10.6 Å². The van der Waals surface area contributed by atoms with Gasteiger partial charge in [-0.3, -0.25) is 10.1 Å². The molecule has 0 heterocycles. The van der Waals surface area contributed by atoms with Crippen molar-refractivity contribution in [2.24, 2.45) is 0 Å². The molecule has 24 heavy (non-hydrogen) atoms. The van der Waals surface area contributed by atoms with Crippen molar-refractivity contribution in [2.75, 3.05) is 13.1 Å². The van der Waals surface area contributed by atoms with Gasteiger partial charge in [-0.05, 0) is 39.3 Å². The highest BCUT2D eigenvalue weighted by Crippen LogP contribution is 2.17. The topological polar surface area (TPSA) is 120 Å². The van der Waals surface area contributed by atoms with Crippen molar-refractivity contribution >= 4 is 17.9 Å². The van der Waals surface area contributed by atoms with Crippen LogP contribution in [0.2, 0.25) is 0 Å². The fourth-order valence-corrected chi connectivity index (χ4v) is 1.56. The average molecular weight is 339 g/mol. The highest BCUT2D eigenvalue weighted by Gasteiger charge is 2.15. The Hall–Kier alpha value is -2.84. The smallest absolute Gasteiger partial charge is 0.412 e. The van der Waals surface area contributed by atoms with Crippen LogP contribution in [0.3, 0.4) is 0 Å². The predicted octanol–water partition coefficient (Wildman–Crippen LogP) is 2.60. The van der Waals surface area contributed by atoms with Crippen molar-refractivity contribution < 1.29 is 24.0 Å². The molecule has 9 heteroatoms. The molecule has 2 N–H and O–H groups in total. The molecule has 0 aliphatic rings. The Labute approximate surface area is 139 Å². The lowest BCUT2D eigenvalue weighted by Crippen LogP contribution is -2.35. The van der Waals surface area contributed by atoms with Crippen LogP contribution in [-0.2, 0) is 4.74 Å². The molecule has 0 aromatic heterocycles. The molecule has 0 aliphatic heterocycles. The van der Waals surface area contributed by atoms with Crippen molar-refractivity contribution in [1.82, 2.24) is 10.6 Å². The van der Waals surface area contributed by atoms with Gasteiger partial charge in [0.15, 0.2) is 0 Å². The number of nitrogens with zero attached hydrogens (tertiary/aromatic N) is 1. The summed E-state index contributed by atoms with van der Waals surface area (Å²) in [6, 6.07) is 5.16. The number of hydrogen-bond donors (Lipinski definition) is 2. The molecule has 0 unspecified atom stereocenters. The lowest BCUT2D eigenvalue weighted by Gasteiger charge is -2.19. The average Bonchev–Trinajstić information content (AvgIpc) is 2.45. The van der Waals surface area contributed by atoms with Crippen LogP contribution >= 0.6 is 0 Å². The zero-order chi connectivity index (χ0) is 18.2. The maximum Gasteiger partial charge on any atom is 0.412 e. The fraction of sp³-hybridized carbons (Fsp3) is 0.467. The van der Waals surface area contributed by atoms with Gasteiger partial charge >= 0.3 is 12.2 Å². The number of nitro benzene ring substituents is 1. The van der Waals surface area contributed by atoms with Crippen molar-refractivity contribution in [1.29, 1.82) is 0 Å². The van der Waals surface area contributed by atoms with E-state index in [1.807, 2.05) is 0 Å². The standard InChI is InChI=1S/C15H21N3O6/c1-15(2,3)24-14(20)17-10-4-9-16-13(19)23-12-7-5-11(6-8-12)18(21)22/h5-8H,4,9-10H2,1-3H3,(H,16,19)(H,17,20). The highest BCUT2D eigenvalue weighted by atomic mass is 16.6. The molecule has 132 valence electrons. The minimum atomic E-state index is -0.680. The number of amides is 2. The van der Waals surface area contributed by atoms with E-state index in [1.165, 1.54) is 24.3 Å². The summed E-state index contributed by atoms with van der Waals surface area (Å²) in [5.41, 5.74) is -0.646. The van der Waals surface area contributed by atoms with E-state index in [0.29, 0.717) is 19.5 Å². The van der Waals surface area contributed by atoms with Crippen LogP contribution in [0.25, 0.3) is 0 Å². The van der Waals surface area contributed by atoms with Gasteiger partial charge in [0.25, 0.3) is 5.69 Å². The zero-order valence-electron chi connectivity index (χ0n) is 13.8. The predicted molar refractivity (Wildman–Crippen MR) is 86.0 cm³/mol. The Morgan fingerprint density at radius 3 is 2.12 bits per heavy atom. The van der Waals surface area contributed by atoms with Crippen molar-refractivity contribution in [2.45, 2.75) is 32.8 Å². The van der Waals surface area contributed by atoms with E-state index in [-0.39, 0.29) is 11.4 Å². The number of non-ortho nitro benzene ring substituents is 1. The molecular weight excluding hydrogens is 318 g/mol. The van der Waals surface area contributed by atoms with Gasteiger partial charge in [-0.2, -0.15) is 0 Å². The molecule has 0 fully saturated rings. The number of hydrogen-bond acceptors (Lipinski definition) is 6. The SMILES string of the molecule is CC(C)(C)OC(=O)NCCCNC(=O)Oc1ccc([N+](=O)[O-])cc1. The molecule has 0 aliphatic carbocycles. The highest BCUT2D eigenvalue weighted by molar-refractivity contribution is 5.70. The summed E-state index contributed by atoms with van der Waals surface area (Å²) in [5.74, 6) is 0.199. The minimum absolute atomic E-state index is 0.0871. The maximum absolute atomic E-state index is 11.5. The first-order chi connectivity index (χ1) is 11.2. The van der Waals surface area contributed by atoms with Crippen LogP contribution in [0.4, 0.5) is 15.3 Å². The van der Waals surface area contributed by atoms with Crippen molar-refractivity contribution in [3.05, 3.63) is 34.4 Å². The second-order valence-electron chi connectivity index (χ2n) is 5.85. The molecule has 9 nitrogen and oxygen atoms in total. The van der Waals surface area contributed by atoms with Gasteiger partial charge in [0, 0.05) is 25.2 Å². The zero-order valence-corrected chi connectivity index (χ0v) is 13.8. The van der Waals surface area contributed by atoms with E-state index >= 15 is 0 Å². The quantitative estimate of drug-likeness (QED) is 0.467. The van der Waals surface area contributed by atoms with E-state index < -0.39 is 22.7 Å². The van der Waals surface area contributed by atoms with Crippen LogP contribution in [0.15, 0.2) is 24.3 Å². The maximum atomic E-state index is 11.5. The molecule has 0 bridgehead atoms. The Morgan fingerprint density at radius 1 is 1.08 bits per heavy atom. The summed E-state index contributed by atoms with van der Waals surface area (Å²) in [6.45, 7) is 5.93. The van der Waals surface area contributed by atoms with Gasteiger partial charge < -0.3 is 20.1 Å². The summed E-state index contributed by atoms with van der Waals surface area (Å²) in [6.07, 6.45) is -0.703. The largest absolute Gasteiger partial charge is 0.444 e. The first-order valence-electron chi connectivity index (χ1n) is 7.34. The molecule has 1 rings (SSSR count). The number of rotatable bonds is 6. The Kier molecular flexibility index (Phi) is 6.97. The van der Waals surface area contributed by atoms with Gasteiger partial charge in [-0.15, -0.1) is 0 Å². The lowest BCUT2D eigenvalue weighted by atomic mass is 10.2. The summed E-state index contributed by atoms with van der Waals surface area (Å²) >= 11 is 0. The Morgan fingerprint density at radius 2 is 1.62 bits per heavy atom. The summed E-state index contributed by atoms with van der Waals surface area (Å²) in [4.78, 5) is 32.9. The third-order valence-corrected chi connectivity index (χ3v) is 2.55. The number of alkyl carbamates (subject to hydrolysis) is 1. The van der Waals surface area contributed by atoms with Gasteiger partial charge in [0.1, 0.15) is 11.4 Å². The lowest BCUT2D eigenvalue weighted by molar-refractivity contribution is -0.384. The van der Waals surface area contributed by atoms with Crippen molar-refractivity contribution in [3.63, 3.8) is 0 Å². The third kappa shape index (κ3) is 7.97. The van der Waals surface area contributed by atoms with E-state index in [0.717, 1.165) is 0 Å². The molecule has 0 spiro atoms. The molecular formula is C15H21N3O6. The number of carbonyl (C=O) groups excluding carboxylic acids is 2. The number of nitrogens with one attached hydrogen (secondary N) is 2. The van der Waals surface area contributed by atoms with E-state index in [9.17, 15) is 19.7 Å². The molecule has 0 saturated carbocycles. The molecule has 0 saturated heterocycles. The third-order valence-electron chi connectivity index (χ3n) is 2.55. The van der Waals surface area contributed by atoms with Crippen LogP contribution in [0, 0.1) is 10.1 Å². The summed E-state index contributed by atoms with van der Waals surface area (Å²) in [5, 5.41) is 15.6. The molecule has 0 atom stereocenters. The molecule has 2 amide bonds. The van der Waals surface area contributed by atoms with Crippen molar-refractivity contribution in [3.8, 4) is 5.75 Å². The normalized spacial score (nSPS) is 10.6. The van der Waals surface area contributed by atoms with Crippen LogP contribution in [-0.4, -0.2) is 35.8 Å². The number of nitro groups is 1. The first-order valence-corrected chi connectivity index (χ1v) is 7.34. The van der Waals surface area contributed by atoms with Gasteiger partial charge in [0.2, 0.25) is 0 Å². The van der Waals surface area contributed by atoms with Gasteiger partial charge in [0.05, 0.1) is 4.92 Å². The monoisotopic (exact) mass is 339 g/mol.